The van der Waals surface area contributed by atoms with E-state index in [0.29, 0.717) is 12.6 Å². The molecule has 3 aliphatic rings. The van der Waals surface area contributed by atoms with E-state index in [-0.39, 0.29) is 24.8 Å². The highest BCUT2D eigenvalue weighted by Crippen LogP contribution is 2.42. The molecule has 1 saturated carbocycles. The first kappa shape index (κ1) is 17.9. The van der Waals surface area contributed by atoms with Crippen LogP contribution in [0.4, 0.5) is 8.78 Å². The highest BCUT2D eigenvalue weighted by Gasteiger charge is 2.48. The quantitative estimate of drug-likeness (QED) is 0.863. The van der Waals surface area contributed by atoms with Gasteiger partial charge in [0.1, 0.15) is 0 Å². The maximum Gasteiger partial charge on any atom is 0.249 e. The molecule has 1 aromatic heterocycles. The van der Waals surface area contributed by atoms with E-state index in [1.807, 2.05) is 12.3 Å². The molecule has 1 saturated heterocycles. The molecule has 144 valence electrons. The number of nitrogens with zero attached hydrogens (tertiary/aromatic N) is 3. The Morgan fingerprint density at radius 1 is 1.35 bits per heavy atom. The molecule has 0 aromatic carbocycles. The molecule has 6 nitrogen and oxygen atoms in total. The van der Waals surface area contributed by atoms with Crippen LogP contribution in [0.2, 0.25) is 0 Å². The fraction of sp³-hybridized carbons (Fsp3) is 0.778. The van der Waals surface area contributed by atoms with Gasteiger partial charge in [0, 0.05) is 63.8 Å². The highest BCUT2D eigenvalue weighted by molar-refractivity contribution is 5.79. The molecule has 2 fully saturated rings. The number of carbonyl (C=O) groups excluding carboxylic acids is 1. The minimum atomic E-state index is -2.65. The van der Waals surface area contributed by atoms with Gasteiger partial charge in [-0.3, -0.25) is 14.4 Å². The van der Waals surface area contributed by atoms with Crippen molar-refractivity contribution in [2.45, 2.75) is 56.7 Å². The van der Waals surface area contributed by atoms with E-state index in [0.717, 1.165) is 45.6 Å². The van der Waals surface area contributed by atoms with Gasteiger partial charge in [0.15, 0.2) is 0 Å². The molecule has 3 heterocycles. The van der Waals surface area contributed by atoms with Crippen molar-refractivity contribution >= 4 is 5.91 Å². The van der Waals surface area contributed by atoms with Gasteiger partial charge < -0.3 is 10.1 Å². The van der Waals surface area contributed by atoms with E-state index in [4.69, 9.17) is 4.74 Å². The minimum Gasteiger partial charge on any atom is -0.381 e. The Hall–Kier alpha value is -1.54. The number of aromatic nitrogens is 2. The highest BCUT2D eigenvalue weighted by atomic mass is 19.3. The Labute approximate surface area is 151 Å². The van der Waals surface area contributed by atoms with Crippen molar-refractivity contribution in [3.05, 3.63) is 18.0 Å². The summed E-state index contributed by atoms with van der Waals surface area (Å²) in [4.78, 5) is 14.5. The number of hydrogen-bond acceptors (Lipinski definition) is 4. The average Bonchev–Trinajstić information content (AvgIpc) is 3.09. The third kappa shape index (κ3) is 3.76. The fourth-order valence-corrected chi connectivity index (χ4v) is 4.31. The zero-order valence-electron chi connectivity index (χ0n) is 14.9. The molecule has 0 spiro atoms. The third-order valence-corrected chi connectivity index (χ3v) is 5.85. The lowest BCUT2D eigenvalue weighted by Gasteiger charge is -2.40. The zero-order chi connectivity index (χ0) is 18.1. The van der Waals surface area contributed by atoms with Crippen LogP contribution in [0.3, 0.4) is 0 Å². The Morgan fingerprint density at radius 3 is 2.85 bits per heavy atom. The molecule has 1 atom stereocenters. The molecular weight excluding hydrogens is 342 g/mol. The standard InChI is InChI=1S/C18H26F2N4O2/c19-18(20)9-13(10-18)17(25)21-5-1-15-11-23(14-3-7-26-8-4-14)12-16-2-6-22-24(15)16/h2,6,13-15H,1,3-5,7-12H2,(H,21,25)/t15-/m1/s1. The summed E-state index contributed by atoms with van der Waals surface area (Å²) in [6, 6.07) is 2.77. The molecule has 2 aliphatic heterocycles. The van der Waals surface area contributed by atoms with Crippen LogP contribution in [0.5, 0.6) is 0 Å². The van der Waals surface area contributed by atoms with Crippen molar-refractivity contribution in [3.8, 4) is 0 Å². The molecule has 1 aromatic rings. The molecule has 0 unspecified atom stereocenters. The van der Waals surface area contributed by atoms with Gasteiger partial charge in [0.2, 0.25) is 11.8 Å². The Balaban J connectivity index is 1.31. The smallest absolute Gasteiger partial charge is 0.249 e. The summed E-state index contributed by atoms with van der Waals surface area (Å²) in [5, 5.41) is 7.29. The second-order valence-corrected chi connectivity index (χ2v) is 7.73. The largest absolute Gasteiger partial charge is 0.381 e. The van der Waals surface area contributed by atoms with Gasteiger partial charge in [-0.05, 0) is 25.3 Å². The number of fused-ring (bicyclic) bond motifs is 1. The first-order valence-corrected chi connectivity index (χ1v) is 9.51. The average molecular weight is 368 g/mol. The third-order valence-electron chi connectivity index (χ3n) is 5.85. The summed E-state index contributed by atoms with van der Waals surface area (Å²) >= 11 is 0. The molecule has 1 aliphatic carbocycles. The van der Waals surface area contributed by atoms with E-state index >= 15 is 0 Å². The molecule has 0 bridgehead atoms. The van der Waals surface area contributed by atoms with Crippen molar-refractivity contribution < 1.29 is 18.3 Å². The summed E-state index contributed by atoms with van der Waals surface area (Å²) in [5.41, 5.74) is 1.19. The van der Waals surface area contributed by atoms with Gasteiger partial charge in [-0.2, -0.15) is 5.10 Å². The van der Waals surface area contributed by atoms with Gasteiger partial charge in [-0.15, -0.1) is 0 Å². The number of rotatable bonds is 5. The molecular formula is C18H26F2N4O2. The van der Waals surface area contributed by atoms with E-state index in [1.165, 1.54) is 5.69 Å². The van der Waals surface area contributed by atoms with E-state index < -0.39 is 11.8 Å². The number of nitrogens with one attached hydrogen (secondary N) is 1. The molecule has 8 heteroatoms. The number of hydrogen-bond donors (Lipinski definition) is 1. The van der Waals surface area contributed by atoms with Crippen LogP contribution in [0, 0.1) is 5.92 Å². The normalized spacial score (nSPS) is 26.9. The summed E-state index contributed by atoms with van der Waals surface area (Å²) in [5.74, 6) is -3.43. The van der Waals surface area contributed by atoms with Crippen LogP contribution < -0.4 is 5.32 Å². The van der Waals surface area contributed by atoms with E-state index in [2.05, 4.69) is 20.0 Å². The second kappa shape index (κ2) is 7.23. The van der Waals surface area contributed by atoms with Crippen molar-refractivity contribution in [2.24, 2.45) is 5.92 Å². The number of carbonyl (C=O) groups is 1. The number of halogens is 2. The fourth-order valence-electron chi connectivity index (χ4n) is 4.31. The maximum atomic E-state index is 12.9. The Bertz CT molecular complexity index is 637. The Morgan fingerprint density at radius 2 is 2.12 bits per heavy atom. The summed E-state index contributed by atoms with van der Waals surface area (Å²) in [6.07, 6.45) is 4.04. The zero-order valence-corrected chi connectivity index (χ0v) is 14.9. The topological polar surface area (TPSA) is 59.4 Å². The molecule has 0 radical (unpaired) electrons. The van der Waals surface area contributed by atoms with Crippen LogP contribution in [-0.2, 0) is 16.1 Å². The maximum absolute atomic E-state index is 12.9. The van der Waals surface area contributed by atoms with Crippen molar-refractivity contribution in [3.63, 3.8) is 0 Å². The van der Waals surface area contributed by atoms with Crippen molar-refractivity contribution in [1.82, 2.24) is 20.0 Å². The molecule has 1 N–H and O–H groups in total. The Kier molecular flexibility index (Phi) is 4.96. The van der Waals surface area contributed by atoms with Crippen LogP contribution >= 0.6 is 0 Å². The molecule has 1 amide bonds. The van der Waals surface area contributed by atoms with E-state index in [9.17, 15) is 13.6 Å². The lowest BCUT2D eigenvalue weighted by Crippen LogP contribution is -2.47. The van der Waals surface area contributed by atoms with Crippen molar-refractivity contribution in [1.29, 1.82) is 0 Å². The number of ether oxygens (including phenoxy) is 1. The summed E-state index contributed by atoms with van der Waals surface area (Å²) in [6.45, 7) is 3.91. The predicted molar refractivity (Wildman–Crippen MR) is 90.8 cm³/mol. The van der Waals surface area contributed by atoms with Gasteiger partial charge in [0.25, 0.3) is 0 Å². The van der Waals surface area contributed by atoms with Crippen molar-refractivity contribution in [2.75, 3.05) is 26.3 Å². The molecule has 26 heavy (non-hydrogen) atoms. The lowest BCUT2D eigenvalue weighted by atomic mass is 9.81. The van der Waals surface area contributed by atoms with Crippen LogP contribution in [-0.4, -0.2) is 58.9 Å². The van der Waals surface area contributed by atoms with Gasteiger partial charge in [-0.1, -0.05) is 0 Å². The number of amides is 1. The van der Waals surface area contributed by atoms with E-state index in [1.54, 1.807) is 0 Å². The first-order valence-electron chi connectivity index (χ1n) is 9.51. The van der Waals surface area contributed by atoms with Crippen LogP contribution in [0.25, 0.3) is 0 Å². The lowest BCUT2D eigenvalue weighted by molar-refractivity contribution is -0.150. The summed E-state index contributed by atoms with van der Waals surface area (Å²) in [7, 11) is 0. The van der Waals surface area contributed by atoms with Crippen LogP contribution in [0.1, 0.15) is 43.8 Å². The first-order chi connectivity index (χ1) is 12.5. The molecule has 4 rings (SSSR count). The number of alkyl halides is 2. The summed E-state index contributed by atoms with van der Waals surface area (Å²) < 4.78 is 33.3. The van der Waals surface area contributed by atoms with Gasteiger partial charge >= 0.3 is 0 Å². The second-order valence-electron chi connectivity index (χ2n) is 7.73. The SMILES string of the molecule is O=C(NCC[C@@H]1CN(C2CCOCC2)Cc2ccnn21)C1CC(F)(F)C1. The van der Waals surface area contributed by atoms with Crippen LogP contribution in [0.15, 0.2) is 12.3 Å². The van der Waals surface area contributed by atoms with Gasteiger partial charge in [0.05, 0.1) is 11.7 Å². The monoisotopic (exact) mass is 368 g/mol. The van der Waals surface area contributed by atoms with Gasteiger partial charge in [-0.25, -0.2) is 8.78 Å². The predicted octanol–water partition coefficient (Wildman–Crippen LogP) is 1.97. The minimum absolute atomic E-state index is 0.194.